The number of ether oxygens (including phenoxy) is 1. The number of halogens is 1. The molecule has 1 fully saturated rings. The first kappa shape index (κ1) is 23.6. The van der Waals surface area contributed by atoms with Gasteiger partial charge < -0.3 is 19.9 Å². The van der Waals surface area contributed by atoms with Gasteiger partial charge in [-0.05, 0) is 64.5 Å². The van der Waals surface area contributed by atoms with Crippen LogP contribution >= 0.6 is 11.6 Å². The molecule has 170 valence electrons. The lowest BCUT2D eigenvalue weighted by Crippen LogP contribution is -2.43. The largest absolute Gasteiger partial charge is 0.489 e. The third kappa shape index (κ3) is 7.23. The van der Waals surface area contributed by atoms with Crippen molar-refractivity contribution in [2.45, 2.75) is 44.9 Å². The van der Waals surface area contributed by atoms with Crippen LogP contribution in [0.15, 0.2) is 36.7 Å². The topological polar surface area (TPSA) is 62.6 Å². The van der Waals surface area contributed by atoms with Crippen molar-refractivity contribution in [1.29, 1.82) is 0 Å². The highest BCUT2D eigenvalue weighted by atomic mass is 35.5. The number of hydrogen-bond acceptors (Lipinski definition) is 5. The molecule has 3 rings (SSSR count). The average molecular weight is 448 g/mol. The Hall–Kier alpha value is -2.09. The molecule has 2 aromatic rings. The number of amides is 1. The van der Waals surface area contributed by atoms with Crippen LogP contribution in [0.25, 0.3) is 0 Å². The second-order valence-electron chi connectivity index (χ2n) is 8.46. The van der Waals surface area contributed by atoms with Gasteiger partial charge in [-0.1, -0.05) is 11.6 Å². The van der Waals surface area contributed by atoms with Crippen LogP contribution in [0.3, 0.4) is 0 Å². The second-order valence-corrected chi connectivity index (χ2v) is 8.87. The van der Waals surface area contributed by atoms with Crippen LogP contribution in [0.1, 0.15) is 36.5 Å². The average Bonchev–Trinajstić information content (AvgIpc) is 3.27. The highest BCUT2D eigenvalue weighted by Gasteiger charge is 2.24. The van der Waals surface area contributed by atoms with Crippen molar-refractivity contribution in [2.75, 3.05) is 40.3 Å². The van der Waals surface area contributed by atoms with Gasteiger partial charge in [0.2, 0.25) is 0 Å². The maximum Gasteiger partial charge on any atom is 0.251 e. The zero-order chi connectivity index (χ0) is 22.2. The minimum atomic E-state index is -0.118. The van der Waals surface area contributed by atoms with Crippen molar-refractivity contribution in [1.82, 2.24) is 24.9 Å². The summed E-state index contributed by atoms with van der Waals surface area (Å²) in [4.78, 5) is 16.8. The lowest BCUT2D eigenvalue weighted by Gasteiger charge is -2.36. The van der Waals surface area contributed by atoms with E-state index in [2.05, 4.69) is 22.2 Å². The lowest BCUT2D eigenvalue weighted by molar-refractivity contribution is 0.0760. The van der Waals surface area contributed by atoms with Crippen LogP contribution < -0.4 is 10.1 Å². The van der Waals surface area contributed by atoms with Crippen LogP contribution in [0.2, 0.25) is 5.02 Å². The van der Waals surface area contributed by atoms with Gasteiger partial charge in [0.15, 0.2) is 0 Å². The highest BCUT2D eigenvalue weighted by molar-refractivity contribution is 6.32. The summed E-state index contributed by atoms with van der Waals surface area (Å²) in [5.41, 5.74) is 0.553. The molecule has 8 heteroatoms. The fourth-order valence-corrected chi connectivity index (χ4v) is 4.01. The first-order valence-corrected chi connectivity index (χ1v) is 11.4. The molecule has 1 aromatic heterocycles. The molecule has 7 nitrogen and oxygen atoms in total. The minimum absolute atomic E-state index is 0.118. The monoisotopic (exact) mass is 447 g/mol. The van der Waals surface area contributed by atoms with Gasteiger partial charge in [0.25, 0.3) is 5.91 Å². The quantitative estimate of drug-likeness (QED) is 0.606. The number of carbonyl (C=O) groups is 1. The van der Waals surface area contributed by atoms with Gasteiger partial charge in [0.1, 0.15) is 11.9 Å². The van der Waals surface area contributed by atoms with Gasteiger partial charge in [-0.25, -0.2) is 0 Å². The summed E-state index contributed by atoms with van der Waals surface area (Å²) in [6, 6.07) is 7.75. The third-order valence-electron chi connectivity index (χ3n) is 5.77. The number of nitrogens with zero attached hydrogens (tertiary/aromatic N) is 4. The summed E-state index contributed by atoms with van der Waals surface area (Å²) < 4.78 is 8.16. The number of benzene rings is 1. The van der Waals surface area contributed by atoms with Crippen LogP contribution in [0, 0.1) is 0 Å². The highest BCUT2D eigenvalue weighted by Crippen LogP contribution is 2.29. The Labute approximate surface area is 190 Å². The van der Waals surface area contributed by atoms with Crippen LogP contribution in [0.4, 0.5) is 0 Å². The normalized spacial score (nSPS) is 16.4. The van der Waals surface area contributed by atoms with Crippen LogP contribution in [0.5, 0.6) is 5.75 Å². The van der Waals surface area contributed by atoms with E-state index in [1.165, 1.54) is 0 Å². The Balaban J connectivity index is 1.44. The first-order valence-electron chi connectivity index (χ1n) is 11.0. The minimum Gasteiger partial charge on any atom is -0.489 e. The van der Waals surface area contributed by atoms with Gasteiger partial charge in [0.05, 0.1) is 5.02 Å². The zero-order valence-electron chi connectivity index (χ0n) is 18.8. The number of aryl methyl sites for hydroxylation is 1. The lowest BCUT2D eigenvalue weighted by atomic mass is 10.0. The molecule has 31 heavy (non-hydrogen) atoms. The predicted molar refractivity (Wildman–Crippen MR) is 124 cm³/mol. The van der Waals surface area contributed by atoms with Gasteiger partial charge in [-0.3, -0.25) is 9.48 Å². The molecule has 1 aromatic carbocycles. The van der Waals surface area contributed by atoms with E-state index in [1.807, 2.05) is 48.2 Å². The maximum atomic E-state index is 12.3. The molecule has 0 spiro atoms. The summed E-state index contributed by atoms with van der Waals surface area (Å²) in [5.74, 6) is 0.532. The SMILES string of the molecule is C[C@@H](CCn1cccn1)N1CCC(Oc2ccc(C(=O)NCCN(C)C)cc2Cl)CC1. The smallest absolute Gasteiger partial charge is 0.251 e. The number of aromatic nitrogens is 2. The van der Waals surface area contributed by atoms with E-state index in [0.717, 1.165) is 45.4 Å². The fraction of sp³-hybridized carbons (Fsp3) is 0.565. The molecular formula is C23H34ClN5O2. The molecule has 1 aliphatic rings. The van der Waals surface area contributed by atoms with Gasteiger partial charge in [0, 0.05) is 56.7 Å². The molecule has 0 saturated carbocycles. The molecule has 0 aliphatic carbocycles. The van der Waals surface area contributed by atoms with Crippen molar-refractivity contribution in [3.8, 4) is 5.75 Å². The zero-order valence-corrected chi connectivity index (χ0v) is 19.5. The molecule has 1 atom stereocenters. The molecule has 0 bridgehead atoms. The van der Waals surface area contributed by atoms with Gasteiger partial charge >= 0.3 is 0 Å². The van der Waals surface area contributed by atoms with E-state index in [1.54, 1.807) is 12.1 Å². The molecule has 1 aliphatic heterocycles. The number of likely N-dealkylation sites (tertiary alicyclic amines) is 1. The van der Waals surface area contributed by atoms with Crippen molar-refractivity contribution in [3.05, 3.63) is 47.2 Å². The van der Waals surface area contributed by atoms with Gasteiger partial charge in [-0.2, -0.15) is 5.10 Å². The van der Waals surface area contributed by atoms with Crippen molar-refractivity contribution >= 4 is 17.5 Å². The van der Waals surface area contributed by atoms with Crippen molar-refractivity contribution in [2.24, 2.45) is 0 Å². The number of nitrogens with one attached hydrogen (secondary N) is 1. The Kier molecular flexibility index (Phi) is 8.75. The van der Waals surface area contributed by atoms with Crippen LogP contribution in [-0.4, -0.2) is 77.9 Å². The van der Waals surface area contributed by atoms with Crippen molar-refractivity contribution < 1.29 is 9.53 Å². The number of hydrogen-bond donors (Lipinski definition) is 1. The molecule has 0 unspecified atom stereocenters. The Morgan fingerprint density at radius 3 is 2.77 bits per heavy atom. The summed E-state index contributed by atoms with van der Waals surface area (Å²) in [5, 5.41) is 7.66. The predicted octanol–water partition coefficient (Wildman–Crippen LogP) is 3.15. The number of piperidine rings is 1. The molecule has 1 amide bonds. The van der Waals surface area contributed by atoms with E-state index < -0.39 is 0 Å². The van der Waals surface area contributed by atoms with Crippen LogP contribution in [-0.2, 0) is 6.54 Å². The summed E-state index contributed by atoms with van der Waals surface area (Å²) >= 11 is 6.41. The summed E-state index contributed by atoms with van der Waals surface area (Å²) in [7, 11) is 3.95. The van der Waals surface area contributed by atoms with Gasteiger partial charge in [-0.15, -0.1) is 0 Å². The molecule has 0 radical (unpaired) electrons. The molecule has 1 saturated heterocycles. The first-order chi connectivity index (χ1) is 14.9. The van der Waals surface area contributed by atoms with Crippen molar-refractivity contribution in [3.63, 3.8) is 0 Å². The Bertz CT molecular complexity index is 819. The number of rotatable bonds is 10. The number of carbonyl (C=O) groups excluding carboxylic acids is 1. The Morgan fingerprint density at radius 1 is 1.35 bits per heavy atom. The second kappa shape index (κ2) is 11.5. The summed E-state index contributed by atoms with van der Waals surface area (Å²) in [6.45, 7) is 6.63. The maximum absolute atomic E-state index is 12.3. The molecule has 1 N–H and O–H groups in total. The standard InChI is InChI=1S/C23H34ClN5O2/c1-18(7-15-29-12-4-10-26-29)28-13-8-20(9-14-28)31-22-6-5-19(17-21(22)24)23(30)25-11-16-27(2)3/h4-6,10,12,17-18,20H,7-9,11,13-16H2,1-3H3,(H,25,30)/t18-/m0/s1. The Morgan fingerprint density at radius 2 is 2.13 bits per heavy atom. The fourth-order valence-electron chi connectivity index (χ4n) is 3.78. The van der Waals surface area contributed by atoms with E-state index in [-0.39, 0.29) is 12.0 Å². The molecular weight excluding hydrogens is 414 g/mol. The third-order valence-corrected chi connectivity index (χ3v) is 6.06. The van der Waals surface area contributed by atoms with E-state index >= 15 is 0 Å². The number of likely N-dealkylation sites (N-methyl/N-ethyl adjacent to an activating group) is 1. The molecule has 2 heterocycles. The summed E-state index contributed by atoms with van der Waals surface area (Å²) in [6.07, 6.45) is 6.99. The van der Waals surface area contributed by atoms with E-state index in [0.29, 0.717) is 28.9 Å². The van der Waals surface area contributed by atoms with E-state index in [4.69, 9.17) is 16.3 Å². The van der Waals surface area contributed by atoms with E-state index in [9.17, 15) is 4.79 Å².